The van der Waals surface area contributed by atoms with Crippen molar-refractivity contribution in [2.75, 3.05) is 13.1 Å². The van der Waals surface area contributed by atoms with E-state index in [1.54, 1.807) is 18.5 Å². The highest BCUT2D eigenvalue weighted by molar-refractivity contribution is 5.22. The van der Waals surface area contributed by atoms with Gasteiger partial charge in [-0.2, -0.15) is 0 Å². The van der Waals surface area contributed by atoms with Crippen LogP contribution in [0.3, 0.4) is 0 Å². The molecule has 5 heteroatoms. The van der Waals surface area contributed by atoms with Crippen molar-refractivity contribution >= 4 is 0 Å². The smallest absolute Gasteiger partial charge is 0.223 e. The fourth-order valence-electron chi connectivity index (χ4n) is 3.10. The zero-order chi connectivity index (χ0) is 16.1. The highest BCUT2D eigenvalue weighted by atomic mass is 16.3. The Kier molecular flexibility index (Phi) is 5.08. The van der Waals surface area contributed by atoms with Crippen molar-refractivity contribution < 1.29 is 5.11 Å². The summed E-state index contributed by atoms with van der Waals surface area (Å²) in [5.74, 6) is -0.200. The average molecular weight is 313 g/mol. The first-order valence-corrected chi connectivity index (χ1v) is 8.26. The number of hydrogen-bond acceptors (Lipinski definition) is 4. The maximum atomic E-state index is 11.9. The zero-order valence-corrected chi connectivity index (χ0v) is 13.3. The van der Waals surface area contributed by atoms with Gasteiger partial charge in [-0.25, -0.2) is 0 Å². The number of nitrogens with zero attached hydrogens (tertiary/aromatic N) is 3. The lowest BCUT2D eigenvalue weighted by atomic mass is 10.2. The van der Waals surface area contributed by atoms with Gasteiger partial charge in [-0.05, 0) is 37.6 Å². The Hall–Kier alpha value is -2.14. The van der Waals surface area contributed by atoms with E-state index in [0.717, 1.165) is 30.9 Å². The molecule has 1 N–H and O–H groups in total. The first kappa shape index (κ1) is 15.7. The van der Waals surface area contributed by atoms with Crippen molar-refractivity contribution in [3.05, 3.63) is 58.3 Å². The minimum atomic E-state index is -0.308. The van der Waals surface area contributed by atoms with E-state index in [1.165, 1.54) is 25.7 Å². The van der Waals surface area contributed by atoms with Gasteiger partial charge in [0.2, 0.25) is 5.43 Å². The molecule has 0 aliphatic carbocycles. The number of aromatic hydroxyl groups is 1. The summed E-state index contributed by atoms with van der Waals surface area (Å²) in [6.07, 6.45) is 10.1. The third-order valence-corrected chi connectivity index (χ3v) is 4.36. The predicted molar refractivity (Wildman–Crippen MR) is 89.5 cm³/mol. The summed E-state index contributed by atoms with van der Waals surface area (Å²) in [5.41, 5.74) is 1.68. The third-order valence-electron chi connectivity index (χ3n) is 4.36. The molecule has 1 saturated heterocycles. The Bertz CT molecular complexity index is 689. The maximum absolute atomic E-state index is 11.9. The molecule has 0 amide bonds. The van der Waals surface area contributed by atoms with Gasteiger partial charge in [-0.1, -0.05) is 18.9 Å². The molecule has 2 aromatic heterocycles. The number of aromatic nitrogens is 2. The quantitative estimate of drug-likeness (QED) is 0.941. The van der Waals surface area contributed by atoms with Gasteiger partial charge < -0.3 is 9.67 Å². The second-order valence-electron chi connectivity index (χ2n) is 6.19. The molecular weight excluding hydrogens is 290 g/mol. The molecule has 1 aliphatic rings. The van der Waals surface area contributed by atoms with E-state index in [0.29, 0.717) is 6.54 Å². The molecule has 0 unspecified atom stereocenters. The summed E-state index contributed by atoms with van der Waals surface area (Å²) < 4.78 is 1.96. The Morgan fingerprint density at radius 2 is 1.91 bits per heavy atom. The largest absolute Gasteiger partial charge is 0.503 e. The van der Waals surface area contributed by atoms with Crippen LogP contribution in [0.15, 0.2) is 41.6 Å². The molecule has 5 nitrogen and oxygen atoms in total. The molecule has 0 radical (unpaired) electrons. The number of pyridine rings is 2. The zero-order valence-electron chi connectivity index (χ0n) is 13.3. The summed E-state index contributed by atoms with van der Waals surface area (Å²) in [7, 11) is 0. The Morgan fingerprint density at radius 1 is 1.13 bits per heavy atom. The van der Waals surface area contributed by atoms with Crippen LogP contribution in [-0.4, -0.2) is 32.6 Å². The summed E-state index contributed by atoms with van der Waals surface area (Å²) in [4.78, 5) is 18.4. The third kappa shape index (κ3) is 4.20. The molecule has 0 bridgehead atoms. The fraction of sp³-hybridized carbons (Fsp3) is 0.444. The van der Waals surface area contributed by atoms with E-state index >= 15 is 0 Å². The predicted octanol–water partition coefficient (Wildman–Crippen LogP) is 2.37. The molecule has 23 heavy (non-hydrogen) atoms. The van der Waals surface area contributed by atoms with Crippen molar-refractivity contribution in [1.82, 2.24) is 14.5 Å². The maximum Gasteiger partial charge on any atom is 0.223 e. The van der Waals surface area contributed by atoms with E-state index in [2.05, 4.69) is 9.88 Å². The van der Waals surface area contributed by atoms with E-state index in [-0.39, 0.29) is 11.2 Å². The van der Waals surface area contributed by atoms with Crippen LogP contribution in [0.1, 0.15) is 36.9 Å². The van der Waals surface area contributed by atoms with Gasteiger partial charge in [0.1, 0.15) is 0 Å². The van der Waals surface area contributed by atoms with Gasteiger partial charge in [-0.15, -0.1) is 0 Å². The van der Waals surface area contributed by atoms with Crippen molar-refractivity contribution in [1.29, 1.82) is 0 Å². The lowest BCUT2D eigenvalue weighted by Crippen LogP contribution is -2.27. The van der Waals surface area contributed by atoms with Crippen LogP contribution in [0.25, 0.3) is 0 Å². The Balaban J connectivity index is 1.85. The molecular formula is C18H23N3O2. The summed E-state index contributed by atoms with van der Waals surface area (Å²) in [6, 6.07) is 5.46. The number of rotatable bonds is 4. The standard InChI is InChI=1S/C18H23N3O2/c22-17-10-16(13-20-8-3-1-2-4-9-20)21(14-18(17)23)12-15-6-5-7-19-11-15/h5-7,10-11,14,23H,1-4,8-9,12-13H2. The SMILES string of the molecule is O=c1cc(CN2CCCCCC2)n(Cc2cccnc2)cc1O. The van der Waals surface area contributed by atoms with E-state index in [4.69, 9.17) is 0 Å². The minimum Gasteiger partial charge on any atom is -0.503 e. The van der Waals surface area contributed by atoms with Crippen molar-refractivity contribution in [3.63, 3.8) is 0 Å². The Morgan fingerprint density at radius 3 is 2.61 bits per heavy atom. The van der Waals surface area contributed by atoms with Gasteiger partial charge in [0, 0.05) is 37.2 Å². The lowest BCUT2D eigenvalue weighted by molar-refractivity contribution is 0.269. The van der Waals surface area contributed by atoms with Crippen molar-refractivity contribution in [2.45, 2.75) is 38.8 Å². The topological polar surface area (TPSA) is 58.4 Å². The van der Waals surface area contributed by atoms with Crippen LogP contribution in [-0.2, 0) is 13.1 Å². The van der Waals surface area contributed by atoms with E-state index in [9.17, 15) is 9.90 Å². The fourth-order valence-corrected chi connectivity index (χ4v) is 3.10. The van der Waals surface area contributed by atoms with Gasteiger partial charge in [0.15, 0.2) is 5.75 Å². The summed E-state index contributed by atoms with van der Waals surface area (Å²) in [6.45, 7) is 3.49. The highest BCUT2D eigenvalue weighted by Gasteiger charge is 2.13. The first-order valence-electron chi connectivity index (χ1n) is 8.26. The second kappa shape index (κ2) is 7.42. The van der Waals surface area contributed by atoms with Gasteiger partial charge >= 0.3 is 0 Å². The summed E-state index contributed by atoms with van der Waals surface area (Å²) >= 11 is 0. The van der Waals surface area contributed by atoms with Gasteiger partial charge in [-0.3, -0.25) is 14.7 Å². The van der Waals surface area contributed by atoms with Crippen LogP contribution in [0.4, 0.5) is 0 Å². The van der Waals surface area contributed by atoms with Crippen LogP contribution in [0.2, 0.25) is 0 Å². The second-order valence-corrected chi connectivity index (χ2v) is 6.19. The molecule has 1 aliphatic heterocycles. The van der Waals surface area contributed by atoms with E-state index < -0.39 is 0 Å². The summed E-state index contributed by atoms with van der Waals surface area (Å²) in [5, 5.41) is 9.79. The molecule has 1 fully saturated rings. The minimum absolute atomic E-state index is 0.200. The van der Waals surface area contributed by atoms with Crippen LogP contribution < -0.4 is 5.43 Å². The average Bonchev–Trinajstić information content (AvgIpc) is 2.82. The molecule has 0 atom stereocenters. The normalized spacial score (nSPS) is 16.2. The van der Waals surface area contributed by atoms with Crippen molar-refractivity contribution in [3.8, 4) is 5.75 Å². The molecule has 2 aromatic rings. The Labute approximate surface area is 136 Å². The molecule has 3 rings (SSSR count). The number of hydrogen-bond donors (Lipinski definition) is 1. The monoisotopic (exact) mass is 313 g/mol. The van der Waals surface area contributed by atoms with Gasteiger partial charge in [0.05, 0.1) is 6.20 Å². The molecule has 3 heterocycles. The molecule has 0 saturated carbocycles. The molecule has 0 aromatic carbocycles. The van der Waals surface area contributed by atoms with Crippen LogP contribution in [0, 0.1) is 0 Å². The highest BCUT2D eigenvalue weighted by Crippen LogP contribution is 2.15. The van der Waals surface area contributed by atoms with Crippen molar-refractivity contribution in [2.24, 2.45) is 0 Å². The van der Waals surface area contributed by atoms with Crippen LogP contribution in [0.5, 0.6) is 5.75 Å². The molecule has 0 spiro atoms. The van der Waals surface area contributed by atoms with E-state index in [1.807, 2.05) is 22.9 Å². The molecule has 122 valence electrons. The lowest BCUT2D eigenvalue weighted by Gasteiger charge is -2.22. The van der Waals surface area contributed by atoms with Crippen LogP contribution >= 0.6 is 0 Å². The number of likely N-dealkylation sites (tertiary alicyclic amines) is 1. The van der Waals surface area contributed by atoms with Gasteiger partial charge in [0.25, 0.3) is 0 Å². The first-order chi connectivity index (χ1) is 11.2.